The van der Waals surface area contributed by atoms with Gasteiger partial charge < -0.3 is 9.64 Å². The number of hydrogen-bond acceptors (Lipinski definition) is 6. The second kappa shape index (κ2) is 9.94. The summed E-state index contributed by atoms with van der Waals surface area (Å²) < 4.78 is 23.7. The zero-order valence-electron chi connectivity index (χ0n) is 17.4. The maximum Gasteiger partial charge on any atom is 0.267 e. The summed E-state index contributed by atoms with van der Waals surface area (Å²) in [4.78, 5) is 18.1. The van der Waals surface area contributed by atoms with Crippen LogP contribution in [-0.4, -0.2) is 64.2 Å². The number of halogens is 1. The van der Waals surface area contributed by atoms with Crippen LogP contribution in [0.2, 0.25) is 0 Å². The Morgan fingerprint density at radius 3 is 2.73 bits per heavy atom. The SMILES string of the molecule is Cc1nnsc1C(=O)N(CC1CCN(Cc2ccccc2F)CC1)C[C@H]1CCCO1. The Hall–Kier alpha value is -1.90. The molecule has 0 saturated carbocycles. The van der Waals surface area contributed by atoms with Crippen molar-refractivity contribution in [3.63, 3.8) is 0 Å². The monoisotopic (exact) mass is 432 g/mol. The highest BCUT2D eigenvalue weighted by molar-refractivity contribution is 7.07. The van der Waals surface area contributed by atoms with Gasteiger partial charge in [0.2, 0.25) is 0 Å². The minimum absolute atomic E-state index is 0.0202. The molecule has 4 rings (SSSR count). The Bertz CT molecular complexity index is 847. The fraction of sp³-hybridized carbons (Fsp3) is 0.591. The van der Waals surface area contributed by atoms with Gasteiger partial charge in [0.15, 0.2) is 0 Å². The summed E-state index contributed by atoms with van der Waals surface area (Å²) in [6, 6.07) is 6.99. The molecule has 3 heterocycles. The van der Waals surface area contributed by atoms with E-state index in [-0.39, 0.29) is 17.8 Å². The molecule has 0 aliphatic carbocycles. The molecule has 0 spiro atoms. The predicted octanol–water partition coefficient (Wildman–Crippen LogP) is 3.52. The Kier molecular flexibility index (Phi) is 7.07. The molecule has 6 nitrogen and oxygen atoms in total. The number of aromatic nitrogens is 2. The average Bonchev–Trinajstić information content (AvgIpc) is 3.42. The molecule has 2 aromatic rings. The Morgan fingerprint density at radius 1 is 1.27 bits per heavy atom. The number of amides is 1. The van der Waals surface area contributed by atoms with E-state index in [1.54, 1.807) is 6.07 Å². The standard InChI is InChI=1S/C22H29FN4O2S/c1-16-21(30-25-24-16)22(28)27(15-19-6-4-12-29-19)13-17-8-10-26(11-9-17)14-18-5-2-3-7-20(18)23/h2-3,5,7,17,19H,4,6,8-15H2,1H3/t19-/m1/s1. The van der Waals surface area contributed by atoms with Crippen molar-refractivity contribution in [2.24, 2.45) is 5.92 Å². The molecule has 30 heavy (non-hydrogen) atoms. The zero-order chi connectivity index (χ0) is 20.9. The molecule has 8 heteroatoms. The van der Waals surface area contributed by atoms with Crippen LogP contribution in [0.25, 0.3) is 0 Å². The van der Waals surface area contributed by atoms with Gasteiger partial charge in [-0.3, -0.25) is 9.69 Å². The molecule has 0 radical (unpaired) electrons. The van der Waals surface area contributed by atoms with E-state index in [0.29, 0.717) is 29.6 Å². The number of rotatable bonds is 7. The van der Waals surface area contributed by atoms with Crippen molar-refractivity contribution in [2.45, 2.75) is 45.3 Å². The van der Waals surface area contributed by atoms with Crippen LogP contribution in [0.3, 0.4) is 0 Å². The number of carbonyl (C=O) groups excluding carboxylic acids is 1. The van der Waals surface area contributed by atoms with Crippen molar-refractivity contribution in [3.05, 3.63) is 46.2 Å². The van der Waals surface area contributed by atoms with Crippen molar-refractivity contribution >= 4 is 17.4 Å². The normalized spacial score (nSPS) is 20.5. The van der Waals surface area contributed by atoms with Gasteiger partial charge in [-0.25, -0.2) is 4.39 Å². The van der Waals surface area contributed by atoms with Gasteiger partial charge in [0.05, 0.1) is 11.8 Å². The third-order valence-corrected chi connectivity index (χ3v) is 6.93. The van der Waals surface area contributed by atoms with Gasteiger partial charge in [0.25, 0.3) is 5.91 Å². The van der Waals surface area contributed by atoms with Crippen LogP contribution in [0.4, 0.5) is 4.39 Å². The maximum atomic E-state index is 14.0. The number of carbonyl (C=O) groups is 1. The van der Waals surface area contributed by atoms with Gasteiger partial charge in [0.1, 0.15) is 10.7 Å². The number of aryl methyl sites for hydroxylation is 1. The lowest BCUT2D eigenvalue weighted by Crippen LogP contribution is -2.43. The lowest BCUT2D eigenvalue weighted by atomic mass is 9.95. The van der Waals surface area contributed by atoms with E-state index < -0.39 is 0 Å². The largest absolute Gasteiger partial charge is 0.376 e. The molecule has 2 fully saturated rings. The van der Waals surface area contributed by atoms with Crippen LogP contribution in [0, 0.1) is 18.7 Å². The van der Waals surface area contributed by atoms with Crippen LogP contribution in [-0.2, 0) is 11.3 Å². The van der Waals surface area contributed by atoms with Crippen molar-refractivity contribution < 1.29 is 13.9 Å². The maximum absolute atomic E-state index is 14.0. The van der Waals surface area contributed by atoms with Gasteiger partial charge in [0, 0.05) is 31.8 Å². The van der Waals surface area contributed by atoms with Crippen LogP contribution < -0.4 is 0 Å². The van der Waals surface area contributed by atoms with Crippen LogP contribution in [0.15, 0.2) is 24.3 Å². The molecular formula is C22H29FN4O2S. The first kappa shape index (κ1) is 21.3. The summed E-state index contributed by atoms with van der Waals surface area (Å²) >= 11 is 1.17. The van der Waals surface area contributed by atoms with Gasteiger partial charge >= 0.3 is 0 Å². The summed E-state index contributed by atoms with van der Waals surface area (Å²) in [5.74, 6) is 0.321. The Balaban J connectivity index is 1.35. The molecule has 162 valence electrons. The number of piperidine rings is 1. The zero-order valence-corrected chi connectivity index (χ0v) is 18.2. The first-order chi connectivity index (χ1) is 14.6. The molecule has 1 aromatic heterocycles. The second-order valence-electron chi connectivity index (χ2n) is 8.34. The van der Waals surface area contributed by atoms with E-state index >= 15 is 0 Å². The molecule has 0 unspecified atom stereocenters. The topological polar surface area (TPSA) is 58.6 Å². The van der Waals surface area contributed by atoms with Crippen molar-refractivity contribution in [2.75, 3.05) is 32.8 Å². The van der Waals surface area contributed by atoms with E-state index in [9.17, 15) is 9.18 Å². The average molecular weight is 433 g/mol. The minimum Gasteiger partial charge on any atom is -0.376 e. The molecule has 0 N–H and O–H groups in total. The number of benzene rings is 1. The van der Waals surface area contributed by atoms with Crippen LogP contribution >= 0.6 is 11.5 Å². The molecule has 1 atom stereocenters. The molecule has 2 saturated heterocycles. The summed E-state index contributed by atoms with van der Waals surface area (Å²) in [5.41, 5.74) is 1.45. The van der Waals surface area contributed by atoms with Crippen LogP contribution in [0.5, 0.6) is 0 Å². The second-order valence-corrected chi connectivity index (χ2v) is 9.10. The van der Waals surface area contributed by atoms with Crippen molar-refractivity contribution in [1.82, 2.24) is 19.4 Å². The van der Waals surface area contributed by atoms with E-state index in [0.717, 1.165) is 57.5 Å². The Morgan fingerprint density at radius 2 is 2.07 bits per heavy atom. The van der Waals surface area contributed by atoms with E-state index in [1.165, 1.54) is 17.6 Å². The first-order valence-electron chi connectivity index (χ1n) is 10.8. The summed E-state index contributed by atoms with van der Waals surface area (Å²) in [7, 11) is 0. The number of likely N-dealkylation sites (tertiary alicyclic amines) is 1. The fourth-order valence-electron chi connectivity index (χ4n) is 4.35. The third kappa shape index (κ3) is 5.22. The highest BCUT2D eigenvalue weighted by Gasteiger charge is 2.29. The third-order valence-electron chi connectivity index (χ3n) is 6.12. The van der Waals surface area contributed by atoms with E-state index in [1.807, 2.05) is 24.0 Å². The van der Waals surface area contributed by atoms with Gasteiger partial charge in [-0.05, 0) is 69.2 Å². The number of ether oxygens (including phenoxy) is 1. The fourth-order valence-corrected chi connectivity index (χ4v) is 4.98. The van der Waals surface area contributed by atoms with Gasteiger partial charge in [-0.1, -0.05) is 22.7 Å². The van der Waals surface area contributed by atoms with E-state index in [4.69, 9.17) is 4.74 Å². The predicted molar refractivity (Wildman–Crippen MR) is 114 cm³/mol. The highest BCUT2D eigenvalue weighted by atomic mass is 32.1. The lowest BCUT2D eigenvalue weighted by molar-refractivity contribution is 0.0447. The Labute approximate surface area is 181 Å². The summed E-state index contributed by atoms with van der Waals surface area (Å²) in [5, 5.41) is 4.01. The lowest BCUT2D eigenvalue weighted by Gasteiger charge is -2.35. The van der Waals surface area contributed by atoms with Crippen molar-refractivity contribution in [3.8, 4) is 0 Å². The quantitative estimate of drug-likeness (QED) is 0.670. The molecule has 1 aromatic carbocycles. The number of nitrogens with zero attached hydrogens (tertiary/aromatic N) is 4. The first-order valence-corrected chi connectivity index (χ1v) is 11.5. The van der Waals surface area contributed by atoms with Crippen LogP contribution in [0.1, 0.15) is 46.6 Å². The molecular weight excluding hydrogens is 403 g/mol. The minimum atomic E-state index is -0.138. The summed E-state index contributed by atoms with van der Waals surface area (Å²) in [6.45, 7) is 6.45. The number of hydrogen-bond donors (Lipinski definition) is 0. The molecule has 2 aliphatic heterocycles. The van der Waals surface area contributed by atoms with Gasteiger partial charge in [-0.2, -0.15) is 0 Å². The van der Waals surface area contributed by atoms with Crippen molar-refractivity contribution in [1.29, 1.82) is 0 Å². The summed E-state index contributed by atoms with van der Waals surface area (Å²) in [6.07, 6.45) is 4.19. The molecule has 0 bridgehead atoms. The molecule has 2 aliphatic rings. The van der Waals surface area contributed by atoms with E-state index in [2.05, 4.69) is 14.5 Å². The smallest absolute Gasteiger partial charge is 0.267 e. The highest BCUT2D eigenvalue weighted by Crippen LogP contribution is 2.24. The molecule has 1 amide bonds. The van der Waals surface area contributed by atoms with Gasteiger partial charge in [-0.15, -0.1) is 5.10 Å².